The summed E-state index contributed by atoms with van der Waals surface area (Å²) in [5, 5.41) is 12.2. The lowest BCUT2D eigenvalue weighted by molar-refractivity contribution is -0.135. The quantitative estimate of drug-likeness (QED) is 0.681. The molecule has 2 N–H and O–H groups in total. The second-order valence-corrected chi connectivity index (χ2v) is 6.33. The van der Waals surface area contributed by atoms with Gasteiger partial charge in [-0.05, 0) is 54.3 Å². The first-order valence-corrected chi connectivity index (χ1v) is 8.29. The highest BCUT2D eigenvalue weighted by atomic mass is 35.5. The van der Waals surface area contributed by atoms with Crippen LogP contribution in [0.25, 0.3) is 0 Å². The standard InChI is InChI=1S/C19H22ClNO3.ClH/c1-14(11-21-12-19(22)23)9-15-5-7-18(8-6-15)24-13-16-3-2-4-17(20)10-16;/h2-8,10,14,21H,9,11-13H2,1H3,(H,22,23);1H. The van der Waals surface area contributed by atoms with Crippen molar-refractivity contribution in [1.29, 1.82) is 0 Å². The summed E-state index contributed by atoms with van der Waals surface area (Å²) in [5.74, 6) is 0.348. The largest absolute Gasteiger partial charge is 0.489 e. The van der Waals surface area contributed by atoms with Gasteiger partial charge in [-0.15, -0.1) is 12.4 Å². The van der Waals surface area contributed by atoms with Gasteiger partial charge in [0.2, 0.25) is 0 Å². The van der Waals surface area contributed by atoms with Crippen LogP contribution in [0, 0.1) is 5.92 Å². The molecule has 0 heterocycles. The van der Waals surface area contributed by atoms with Crippen molar-refractivity contribution in [1.82, 2.24) is 5.32 Å². The van der Waals surface area contributed by atoms with Crippen LogP contribution in [0.4, 0.5) is 0 Å². The fraction of sp³-hybridized carbons (Fsp3) is 0.316. The molecule has 0 bridgehead atoms. The highest BCUT2D eigenvalue weighted by molar-refractivity contribution is 6.30. The molecular formula is C19H23Cl2NO3. The summed E-state index contributed by atoms with van der Waals surface area (Å²) in [6.45, 7) is 3.26. The Bertz CT molecular complexity index is 662. The van der Waals surface area contributed by atoms with Crippen molar-refractivity contribution >= 4 is 30.0 Å². The number of rotatable bonds is 9. The van der Waals surface area contributed by atoms with Gasteiger partial charge < -0.3 is 15.2 Å². The van der Waals surface area contributed by atoms with E-state index < -0.39 is 5.97 Å². The molecule has 0 fully saturated rings. The number of hydrogen-bond donors (Lipinski definition) is 2. The second kappa shape index (κ2) is 11.0. The summed E-state index contributed by atoms with van der Waals surface area (Å²) >= 11 is 5.96. The Balaban J connectivity index is 0.00000312. The average molecular weight is 384 g/mol. The van der Waals surface area contributed by atoms with Crippen molar-refractivity contribution in [2.24, 2.45) is 5.92 Å². The number of halogens is 2. The Morgan fingerprint density at radius 3 is 2.56 bits per heavy atom. The highest BCUT2D eigenvalue weighted by Crippen LogP contribution is 2.17. The summed E-state index contributed by atoms with van der Waals surface area (Å²) in [7, 11) is 0. The third kappa shape index (κ3) is 8.25. The third-order valence-corrected chi connectivity index (χ3v) is 3.81. The van der Waals surface area contributed by atoms with Crippen LogP contribution in [0.3, 0.4) is 0 Å². The molecule has 2 aromatic carbocycles. The molecule has 1 unspecified atom stereocenters. The molecule has 0 radical (unpaired) electrons. The lowest BCUT2D eigenvalue weighted by Crippen LogP contribution is -2.27. The number of hydrogen-bond acceptors (Lipinski definition) is 3. The van der Waals surface area contributed by atoms with Gasteiger partial charge in [-0.3, -0.25) is 4.79 Å². The van der Waals surface area contributed by atoms with Gasteiger partial charge in [-0.25, -0.2) is 0 Å². The SMILES string of the molecule is CC(CNCC(=O)O)Cc1ccc(OCc2cccc(Cl)c2)cc1.Cl. The minimum Gasteiger partial charge on any atom is -0.489 e. The Labute approximate surface area is 159 Å². The van der Waals surface area contributed by atoms with E-state index in [0.717, 1.165) is 17.7 Å². The van der Waals surface area contributed by atoms with Crippen LogP contribution in [0.1, 0.15) is 18.1 Å². The number of carbonyl (C=O) groups is 1. The van der Waals surface area contributed by atoms with Crippen LogP contribution < -0.4 is 10.1 Å². The highest BCUT2D eigenvalue weighted by Gasteiger charge is 2.05. The molecular weight excluding hydrogens is 361 g/mol. The van der Waals surface area contributed by atoms with Crippen molar-refractivity contribution in [2.45, 2.75) is 20.0 Å². The molecule has 136 valence electrons. The van der Waals surface area contributed by atoms with Crippen LogP contribution in [0.15, 0.2) is 48.5 Å². The predicted octanol–water partition coefficient (Wildman–Crippen LogP) is 4.19. The number of benzene rings is 2. The zero-order valence-electron chi connectivity index (χ0n) is 14.1. The molecule has 0 aliphatic rings. The summed E-state index contributed by atoms with van der Waals surface area (Å²) < 4.78 is 5.76. The zero-order valence-corrected chi connectivity index (χ0v) is 15.6. The van der Waals surface area contributed by atoms with Crippen LogP contribution in [0.5, 0.6) is 5.75 Å². The Morgan fingerprint density at radius 2 is 1.92 bits per heavy atom. The van der Waals surface area contributed by atoms with Crippen LogP contribution in [0.2, 0.25) is 5.02 Å². The van der Waals surface area contributed by atoms with Gasteiger partial charge in [0.1, 0.15) is 12.4 Å². The molecule has 0 aliphatic carbocycles. The van der Waals surface area contributed by atoms with E-state index in [1.54, 1.807) is 0 Å². The molecule has 0 aliphatic heterocycles. The van der Waals surface area contributed by atoms with Crippen molar-refractivity contribution in [3.8, 4) is 5.75 Å². The van der Waals surface area contributed by atoms with E-state index >= 15 is 0 Å². The Hall–Kier alpha value is -1.75. The molecule has 2 aromatic rings. The fourth-order valence-corrected chi connectivity index (χ4v) is 2.63. The Morgan fingerprint density at radius 1 is 1.20 bits per heavy atom. The average Bonchev–Trinajstić information content (AvgIpc) is 2.54. The molecule has 0 saturated heterocycles. The summed E-state index contributed by atoms with van der Waals surface area (Å²) in [4.78, 5) is 10.5. The molecule has 2 rings (SSSR count). The molecule has 6 heteroatoms. The van der Waals surface area contributed by atoms with Crippen LogP contribution >= 0.6 is 24.0 Å². The van der Waals surface area contributed by atoms with Crippen LogP contribution in [-0.2, 0) is 17.8 Å². The number of ether oxygens (including phenoxy) is 1. The summed E-state index contributed by atoms with van der Waals surface area (Å²) in [6.07, 6.45) is 0.890. The molecule has 0 amide bonds. The molecule has 0 aromatic heterocycles. The maximum absolute atomic E-state index is 10.5. The maximum atomic E-state index is 10.5. The van der Waals surface area contributed by atoms with E-state index in [2.05, 4.69) is 12.2 Å². The number of aliphatic carboxylic acids is 1. The summed E-state index contributed by atoms with van der Waals surface area (Å²) in [6, 6.07) is 15.6. The monoisotopic (exact) mass is 383 g/mol. The molecule has 0 spiro atoms. The zero-order chi connectivity index (χ0) is 17.4. The first kappa shape index (κ1) is 21.3. The molecule has 25 heavy (non-hydrogen) atoms. The lowest BCUT2D eigenvalue weighted by atomic mass is 10.0. The fourth-order valence-electron chi connectivity index (χ4n) is 2.42. The van der Waals surface area contributed by atoms with E-state index in [1.165, 1.54) is 5.56 Å². The Kier molecular flexibility index (Phi) is 9.35. The van der Waals surface area contributed by atoms with Crippen LogP contribution in [-0.4, -0.2) is 24.2 Å². The van der Waals surface area contributed by atoms with Gasteiger partial charge in [0.25, 0.3) is 0 Å². The number of carboxylic acid groups (broad SMARTS) is 1. The van der Waals surface area contributed by atoms with E-state index in [9.17, 15) is 4.79 Å². The van der Waals surface area contributed by atoms with Crippen molar-refractivity contribution in [3.05, 3.63) is 64.7 Å². The van der Waals surface area contributed by atoms with E-state index in [4.69, 9.17) is 21.4 Å². The van der Waals surface area contributed by atoms with Gasteiger partial charge in [0.05, 0.1) is 6.54 Å². The van der Waals surface area contributed by atoms with Crippen molar-refractivity contribution in [3.63, 3.8) is 0 Å². The van der Waals surface area contributed by atoms with E-state index in [0.29, 0.717) is 24.1 Å². The summed E-state index contributed by atoms with van der Waals surface area (Å²) in [5.41, 5.74) is 2.24. The molecule has 1 atom stereocenters. The lowest BCUT2D eigenvalue weighted by Gasteiger charge is -2.12. The smallest absolute Gasteiger partial charge is 0.317 e. The predicted molar refractivity (Wildman–Crippen MR) is 103 cm³/mol. The third-order valence-electron chi connectivity index (χ3n) is 3.57. The first-order chi connectivity index (χ1) is 11.5. The van der Waals surface area contributed by atoms with E-state index in [1.807, 2.05) is 48.5 Å². The van der Waals surface area contributed by atoms with Crippen molar-refractivity contribution in [2.75, 3.05) is 13.1 Å². The van der Waals surface area contributed by atoms with Gasteiger partial charge in [-0.1, -0.05) is 42.8 Å². The minimum atomic E-state index is -0.830. The second-order valence-electron chi connectivity index (χ2n) is 5.90. The van der Waals surface area contributed by atoms with Crippen molar-refractivity contribution < 1.29 is 14.6 Å². The molecule has 0 saturated carbocycles. The topological polar surface area (TPSA) is 58.6 Å². The normalized spacial score (nSPS) is 11.4. The number of nitrogens with one attached hydrogen (secondary N) is 1. The molecule has 4 nitrogen and oxygen atoms in total. The van der Waals surface area contributed by atoms with E-state index in [-0.39, 0.29) is 19.0 Å². The van der Waals surface area contributed by atoms with Gasteiger partial charge >= 0.3 is 5.97 Å². The first-order valence-electron chi connectivity index (χ1n) is 7.91. The van der Waals surface area contributed by atoms with Gasteiger partial charge in [-0.2, -0.15) is 0 Å². The van der Waals surface area contributed by atoms with Gasteiger partial charge in [0, 0.05) is 5.02 Å². The number of carboxylic acids is 1. The van der Waals surface area contributed by atoms with Gasteiger partial charge in [0.15, 0.2) is 0 Å². The maximum Gasteiger partial charge on any atom is 0.317 e. The minimum absolute atomic E-state index is 0.